The third-order valence-corrected chi connectivity index (χ3v) is 2.56. The van der Waals surface area contributed by atoms with Crippen LogP contribution in [-0.2, 0) is 6.42 Å². The van der Waals surface area contributed by atoms with E-state index in [4.69, 9.17) is 0 Å². The monoisotopic (exact) mass is 206 g/mol. The van der Waals surface area contributed by atoms with Gasteiger partial charge in [-0.1, -0.05) is 20.8 Å². The van der Waals surface area contributed by atoms with E-state index < -0.39 is 0 Å². The Kier molecular flexibility index (Phi) is 5.92. The van der Waals surface area contributed by atoms with E-state index in [0.29, 0.717) is 0 Å². The minimum atomic E-state index is 0.151. The van der Waals surface area contributed by atoms with Crippen molar-refractivity contribution < 1.29 is 4.79 Å². The Hall–Kier alpha value is -1.11. The van der Waals surface area contributed by atoms with Crippen LogP contribution < -0.4 is 0 Å². The molecule has 0 saturated carbocycles. The van der Waals surface area contributed by atoms with Gasteiger partial charge in [0.1, 0.15) is 0 Å². The predicted octanol–water partition coefficient (Wildman–Crippen LogP) is 4.09. The molecular weight excluding hydrogens is 184 g/mol. The second-order valence-electron chi connectivity index (χ2n) is 3.49. The molecule has 0 amide bonds. The lowest BCUT2D eigenvalue weighted by Crippen LogP contribution is -1.98. The van der Waals surface area contributed by atoms with Crippen LogP contribution in [0.1, 0.15) is 54.7 Å². The number of carbonyl (C=O) groups is 1. The second kappa shape index (κ2) is 6.39. The summed E-state index contributed by atoms with van der Waals surface area (Å²) in [5.41, 5.74) is 4.64. The molecule has 0 bridgehead atoms. The summed E-state index contributed by atoms with van der Waals surface area (Å²) in [7, 11) is 0. The molecule has 0 radical (unpaired) electrons. The molecule has 0 N–H and O–H groups in total. The zero-order valence-corrected chi connectivity index (χ0v) is 10.8. The molecule has 0 aliphatic carbocycles. The van der Waals surface area contributed by atoms with Crippen LogP contribution in [0.4, 0.5) is 0 Å². The Labute approximate surface area is 93.5 Å². The van der Waals surface area contributed by atoms with Crippen molar-refractivity contribution in [1.82, 2.24) is 0 Å². The van der Waals surface area contributed by atoms with E-state index in [-0.39, 0.29) is 5.78 Å². The first-order chi connectivity index (χ1) is 7.06. The van der Waals surface area contributed by atoms with E-state index in [0.717, 1.165) is 12.0 Å². The first-order valence-electron chi connectivity index (χ1n) is 5.67. The first kappa shape index (κ1) is 13.9. The van der Waals surface area contributed by atoms with Crippen LogP contribution in [0.15, 0.2) is 12.1 Å². The third-order valence-electron chi connectivity index (χ3n) is 2.56. The van der Waals surface area contributed by atoms with Crippen molar-refractivity contribution in [2.75, 3.05) is 0 Å². The van der Waals surface area contributed by atoms with Crippen molar-refractivity contribution in [2.24, 2.45) is 0 Å². The summed E-state index contributed by atoms with van der Waals surface area (Å²) in [5.74, 6) is 0.151. The molecule has 0 heterocycles. The van der Waals surface area contributed by atoms with Gasteiger partial charge >= 0.3 is 0 Å². The summed E-state index contributed by atoms with van der Waals surface area (Å²) in [5, 5.41) is 0. The Bertz CT molecular complexity index is 337. The van der Waals surface area contributed by atoms with Crippen molar-refractivity contribution >= 4 is 5.78 Å². The van der Waals surface area contributed by atoms with E-state index in [1.165, 1.54) is 16.7 Å². The highest BCUT2D eigenvalue weighted by atomic mass is 16.1. The molecule has 1 rings (SSSR count). The van der Waals surface area contributed by atoms with Crippen LogP contribution >= 0.6 is 0 Å². The number of ketones is 1. The minimum absolute atomic E-state index is 0.151. The lowest BCUT2D eigenvalue weighted by molar-refractivity contribution is 0.101. The SMILES string of the molecule is CC.CCc1cc(C(C)=O)cc(C)c1C. The number of benzene rings is 1. The normalized spacial score (nSPS) is 9.20. The van der Waals surface area contributed by atoms with E-state index in [2.05, 4.69) is 20.8 Å². The molecule has 0 fully saturated rings. The molecule has 1 nitrogen and oxygen atoms in total. The average molecular weight is 206 g/mol. The highest BCUT2D eigenvalue weighted by molar-refractivity contribution is 5.94. The molecule has 0 spiro atoms. The highest BCUT2D eigenvalue weighted by Gasteiger charge is 2.05. The molecule has 1 aromatic carbocycles. The molecule has 0 aliphatic rings. The maximum Gasteiger partial charge on any atom is 0.159 e. The first-order valence-corrected chi connectivity index (χ1v) is 5.67. The maximum atomic E-state index is 11.2. The zero-order valence-electron chi connectivity index (χ0n) is 10.8. The third kappa shape index (κ3) is 3.50. The summed E-state index contributed by atoms with van der Waals surface area (Å²) in [4.78, 5) is 11.2. The van der Waals surface area contributed by atoms with E-state index in [1.807, 2.05) is 26.0 Å². The molecule has 1 aromatic rings. The molecule has 0 atom stereocenters. The molecule has 0 saturated heterocycles. The lowest BCUT2D eigenvalue weighted by Gasteiger charge is -2.08. The fourth-order valence-corrected chi connectivity index (χ4v) is 1.50. The summed E-state index contributed by atoms with van der Waals surface area (Å²) in [6.45, 7) is 11.9. The number of hydrogen-bond donors (Lipinski definition) is 0. The van der Waals surface area contributed by atoms with Gasteiger partial charge in [0.25, 0.3) is 0 Å². The lowest BCUT2D eigenvalue weighted by atomic mass is 9.97. The van der Waals surface area contributed by atoms with Gasteiger partial charge in [0, 0.05) is 5.56 Å². The van der Waals surface area contributed by atoms with Gasteiger partial charge in [0.15, 0.2) is 5.78 Å². The van der Waals surface area contributed by atoms with Crippen molar-refractivity contribution in [3.8, 4) is 0 Å². The maximum absolute atomic E-state index is 11.2. The van der Waals surface area contributed by atoms with Crippen LogP contribution in [0, 0.1) is 13.8 Å². The minimum Gasteiger partial charge on any atom is -0.295 e. The quantitative estimate of drug-likeness (QED) is 0.666. The van der Waals surface area contributed by atoms with Gasteiger partial charge in [0.2, 0.25) is 0 Å². The van der Waals surface area contributed by atoms with Crippen molar-refractivity contribution in [3.05, 3.63) is 34.4 Å². The standard InChI is InChI=1S/C12H16O.C2H6/c1-5-11-7-12(10(4)13)6-8(2)9(11)3;1-2/h6-7H,5H2,1-4H3;1-2H3. The van der Waals surface area contributed by atoms with Crippen LogP contribution in [0.25, 0.3) is 0 Å². The van der Waals surface area contributed by atoms with Gasteiger partial charge in [-0.15, -0.1) is 0 Å². The van der Waals surface area contributed by atoms with E-state index in [1.54, 1.807) is 6.92 Å². The van der Waals surface area contributed by atoms with Crippen molar-refractivity contribution in [2.45, 2.75) is 48.0 Å². The number of carbonyl (C=O) groups excluding carboxylic acids is 1. The predicted molar refractivity (Wildman–Crippen MR) is 66.6 cm³/mol. The molecule has 0 aromatic heterocycles. The van der Waals surface area contributed by atoms with Gasteiger partial charge in [-0.25, -0.2) is 0 Å². The zero-order chi connectivity index (χ0) is 12.0. The Morgan fingerprint density at radius 1 is 1.20 bits per heavy atom. The van der Waals surface area contributed by atoms with E-state index >= 15 is 0 Å². The molecule has 1 heteroatoms. The van der Waals surface area contributed by atoms with Crippen LogP contribution in [0.5, 0.6) is 0 Å². The van der Waals surface area contributed by atoms with E-state index in [9.17, 15) is 4.79 Å². The molecule has 0 unspecified atom stereocenters. The number of rotatable bonds is 2. The molecule has 0 aliphatic heterocycles. The summed E-state index contributed by atoms with van der Waals surface area (Å²) in [6.07, 6.45) is 0.994. The van der Waals surface area contributed by atoms with Gasteiger partial charge in [0.05, 0.1) is 0 Å². The summed E-state index contributed by atoms with van der Waals surface area (Å²) in [6, 6.07) is 3.97. The Morgan fingerprint density at radius 2 is 1.73 bits per heavy atom. The van der Waals surface area contributed by atoms with Gasteiger partial charge < -0.3 is 0 Å². The average Bonchev–Trinajstić information content (AvgIpc) is 2.24. The van der Waals surface area contributed by atoms with Crippen LogP contribution in [-0.4, -0.2) is 5.78 Å². The fraction of sp³-hybridized carbons (Fsp3) is 0.500. The Balaban J connectivity index is 0.000000921. The van der Waals surface area contributed by atoms with Gasteiger partial charge in [-0.2, -0.15) is 0 Å². The van der Waals surface area contributed by atoms with Gasteiger partial charge in [-0.05, 0) is 56.0 Å². The van der Waals surface area contributed by atoms with Crippen molar-refractivity contribution in [3.63, 3.8) is 0 Å². The molecule has 15 heavy (non-hydrogen) atoms. The molecule has 84 valence electrons. The second-order valence-corrected chi connectivity index (χ2v) is 3.49. The summed E-state index contributed by atoms with van der Waals surface area (Å²) < 4.78 is 0. The topological polar surface area (TPSA) is 17.1 Å². The van der Waals surface area contributed by atoms with Gasteiger partial charge in [-0.3, -0.25) is 4.79 Å². The van der Waals surface area contributed by atoms with Crippen LogP contribution in [0.2, 0.25) is 0 Å². The summed E-state index contributed by atoms with van der Waals surface area (Å²) >= 11 is 0. The highest BCUT2D eigenvalue weighted by Crippen LogP contribution is 2.17. The smallest absolute Gasteiger partial charge is 0.159 e. The number of aryl methyl sites for hydroxylation is 2. The Morgan fingerprint density at radius 3 is 2.13 bits per heavy atom. The molecular formula is C14H22O. The largest absolute Gasteiger partial charge is 0.295 e. The van der Waals surface area contributed by atoms with Crippen LogP contribution in [0.3, 0.4) is 0 Å². The number of hydrogen-bond acceptors (Lipinski definition) is 1. The fourth-order valence-electron chi connectivity index (χ4n) is 1.50. The van der Waals surface area contributed by atoms with Crippen molar-refractivity contribution in [1.29, 1.82) is 0 Å². The number of Topliss-reactive ketones (excluding diaryl/α,β-unsaturated/α-hetero) is 1.